The third-order valence-electron chi connectivity index (χ3n) is 9.27. The largest absolute Gasteiger partial charge is 0.505 e. The van der Waals surface area contributed by atoms with Crippen LogP contribution in [-0.4, -0.2) is 90.0 Å². The summed E-state index contributed by atoms with van der Waals surface area (Å²) < 4.78 is 63.5. The van der Waals surface area contributed by atoms with Crippen LogP contribution >= 0.6 is 11.6 Å². The van der Waals surface area contributed by atoms with E-state index in [1.807, 2.05) is 6.08 Å². The van der Waals surface area contributed by atoms with Gasteiger partial charge in [-0.1, -0.05) is 24.6 Å². The molecule has 14 nitrogen and oxygen atoms in total. The number of hydrogen-bond acceptors (Lipinski definition) is 9. The minimum absolute atomic E-state index is 0.0356. The van der Waals surface area contributed by atoms with Crippen LogP contribution in [0.1, 0.15) is 46.5 Å². The van der Waals surface area contributed by atoms with Crippen molar-refractivity contribution in [2.75, 3.05) is 49.6 Å². The van der Waals surface area contributed by atoms with Crippen molar-refractivity contribution in [3.63, 3.8) is 0 Å². The molecule has 0 saturated carbocycles. The zero-order valence-electron chi connectivity index (χ0n) is 28.4. The van der Waals surface area contributed by atoms with E-state index in [0.717, 1.165) is 32.8 Å². The number of aromatic hydroxyl groups is 1. The molecule has 0 aliphatic carbocycles. The molecule has 5 aromatic rings. The Morgan fingerprint density at radius 2 is 1.87 bits per heavy atom. The van der Waals surface area contributed by atoms with Crippen LogP contribution in [0.2, 0.25) is 5.02 Å². The molecule has 19 heteroatoms. The number of aromatic nitrogens is 6. The minimum Gasteiger partial charge on any atom is -0.505 e. The summed E-state index contributed by atoms with van der Waals surface area (Å²) in [5.41, 5.74) is -0.325. The topological polar surface area (TPSA) is 152 Å². The number of hydrogen-bond donors (Lipinski definition) is 2. The molecule has 6 heterocycles. The maximum Gasteiger partial charge on any atom is 0.416 e. The van der Waals surface area contributed by atoms with Crippen LogP contribution in [0.15, 0.2) is 41.3 Å². The van der Waals surface area contributed by atoms with E-state index in [1.54, 1.807) is 11.8 Å². The molecule has 0 unspecified atom stereocenters. The number of carbonyl (C=O) groups excluding carboxylic acids is 2. The first-order chi connectivity index (χ1) is 25.3. The Labute approximate surface area is 302 Å². The second kappa shape index (κ2) is 13.8. The van der Waals surface area contributed by atoms with Gasteiger partial charge in [0.2, 0.25) is 11.7 Å². The van der Waals surface area contributed by atoms with Gasteiger partial charge in [-0.15, -0.1) is 5.10 Å². The van der Waals surface area contributed by atoms with E-state index in [0.29, 0.717) is 25.3 Å². The summed E-state index contributed by atoms with van der Waals surface area (Å²) >= 11 is 6.11. The van der Waals surface area contributed by atoms with Crippen molar-refractivity contribution in [1.82, 2.24) is 33.7 Å². The summed E-state index contributed by atoms with van der Waals surface area (Å²) in [5.74, 6) is -2.09. The van der Waals surface area contributed by atoms with Crippen molar-refractivity contribution < 1.29 is 37.0 Å². The van der Waals surface area contributed by atoms with Crippen LogP contribution in [0.3, 0.4) is 0 Å². The number of ether oxygens (including phenoxy) is 1. The van der Waals surface area contributed by atoms with Gasteiger partial charge in [-0.3, -0.25) is 14.4 Å². The molecule has 0 radical (unpaired) electrons. The number of benzene rings is 1. The van der Waals surface area contributed by atoms with Crippen LogP contribution in [0.25, 0.3) is 16.9 Å². The Bertz CT molecular complexity index is 2380. The lowest BCUT2D eigenvalue weighted by atomic mass is 10.1. The zero-order valence-corrected chi connectivity index (χ0v) is 29.1. The lowest BCUT2D eigenvalue weighted by molar-refractivity contribution is -0.137. The van der Waals surface area contributed by atoms with Gasteiger partial charge in [-0.05, 0) is 49.6 Å². The number of aryl methyl sites for hydroxylation is 1. The number of anilines is 2. The highest BCUT2D eigenvalue weighted by Crippen LogP contribution is 2.34. The fourth-order valence-electron chi connectivity index (χ4n) is 6.60. The molecule has 1 saturated heterocycles. The van der Waals surface area contributed by atoms with E-state index in [2.05, 4.69) is 20.5 Å². The SMILES string of the molecule is CCc1c(N2CCN(C(=O)c3ccn4nc(C)c(F)c4c3O)CC2)c(=O)n2nc(C3=CCOCC3)nc2n1CC(=O)Nc1ccc(C(F)(F)F)cc1Cl. The van der Waals surface area contributed by atoms with Crippen molar-refractivity contribution in [2.45, 2.75) is 39.4 Å². The molecule has 0 atom stereocenters. The van der Waals surface area contributed by atoms with Gasteiger partial charge in [0.25, 0.3) is 11.5 Å². The molecule has 278 valence electrons. The maximum atomic E-state index is 14.7. The summed E-state index contributed by atoms with van der Waals surface area (Å²) in [6, 6.07) is 3.96. The van der Waals surface area contributed by atoms with Crippen LogP contribution in [0.5, 0.6) is 5.75 Å². The number of piperazine rings is 1. The van der Waals surface area contributed by atoms with Crippen LogP contribution in [0, 0.1) is 12.7 Å². The molecular formula is C34H32ClF4N9O5. The van der Waals surface area contributed by atoms with Crippen molar-refractivity contribution in [2.24, 2.45) is 0 Å². The molecule has 1 fully saturated rings. The lowest BCUT2D eigenvalue weighted by Gasteiger charge is -2.37. The second-order valence-corrected chi connectivity index (χ2v) is 12.9. The summed E-state index contributed by atoms with van der Waals surface area (Å²) in [6.45, 7) is 4.23. The summed E-state index contributed by atoms with van der Waals surface area (Å²) in [6.07, 6.45) is -0.666. The van der Waals surface area contributed by atoms with Gasteiger partial charge in [0.1, 0.15) is 17.7 Å². The van der Waals surface area contributed by atoms with Gasteiger partial charge < -0.3 is 29.5 Å². The Morgan fingerprint density at radius 1 is 1.11 bits per heavy atom. The van der Waals surface area contributed by atoms with E-state index >= 15 is 0 Å². The lowest BCUT2D eigenvalue weighted by Crippen LogP contribution is -2.51. The maximum absolute atomic E-state index is 14.7. The van der Waals surface area contributed by atoms with Gasteiger partial charge >= 0.3 is 6.18 Å². The van der Waals surface area contributed by atoms with Crippen molar-refractivity contribution in [1.29, 1.82) is 0 Å². The number of fused-ring (bicyclic) bond motifs is 2. The van der Waals surface area contributed by atoms with E-state index < -0.39 is 47.2 Å². The first kappa shape index (κ1) is 35.9. The van der Waals surface area contributed by atoms with Crippen LogP contribution in [-0.2, 0) is 28.7 Å². The van der Waals surface area contributed by atoms with E-state index in [9.17, 15) is 37.1 Å². The van der Waals surface area contributed by atoms with Crippen molar-refractivity contribution in [3.8, 4) is 5.75 Å². The van der Waals surface area contributed by atoms with Crippen molar-refractivity contribution >= 4 is 51.7 Å². The third-order valence-corrected chi connectivity index (χ3v) is 9.58. The number of alkyl halides is 3. The molecule has 1 aromatic carbocycles. The number of halogens is 5. The quantitative estimate of drug-likeness (QED) is 0.231. The molecule has 0 bridgehead atoms. The molecule has 2 aliphatic rings. The Hall–Kier alpha value is -5.49. The first-order valence-electron chi connectivity index (χ1n) is 16.6. The Kier molecular flexibility index (Phi) is 9.35. The highest BCUT2D eigenvalue weighted by Gasteiger charge is 2.32. The highest BCUT2D eigenvalue weighted by molar-refractivity contribution is 6.33. The summed E-state index contributed by atoms with van der Waals surface area (Å²) in [7, 11) is 0. The van der Waals surface area contributed by atoms with E-state index in [4.69, 9.17) is 16.3 Å². The Balaban J connectivity index is 1.21. The van der Waals surface area contributed by atoms with Gasteiger partial charge in [-0.2, -0.15) is 27.8 Å². The van der Waals surface area contributed by atoms with E-state index in [-0.39, 0.29) is 77.4 Å². The fraction of sp³-hybridized carbons (Fsp3) is 0.353. The standard InChI is InChI=1S/C34H32ClF4N9O5/c1-3-24-27(44-10-12-45(13-11-44)31(51)21-6-9-47-28(29(21)50)26(36)18(2)42-47)32(52)48-33(41-30(43-48)19-7-14-53-15-8-19)46(24)17-25(49)40-23-5-4-20(16-22(23)35)34(37,38)39/h4-7,9,16,50H,3,8,10-15,17H2,1-2H3,(H,40,49). The van der Waals surface area contributed by atoms with Gasteiger partial charge in [-0.25, -0.2) is 8.91 Å². The molecular weight excluding hydrogens is 726 g/mol. The number of nitrogens with zero attached hydrogens (tertiary/aromatic N) is 8. The fourth-order valence-corrected chi connectivity index (χ4v) is 6.82. The van der Waals surface area contributed by atoms with Crippen LogP contribution in [0.4, 0.5) is 28.9 Å². The van der Waals surface area contributed by atoms with Gasteiger partial charge in [0.15, 0.2) is 17.4 Å². The molecule has 0 spiro atoms. The number of rotatable bonds is 7. The molecule has 2 amide bonds. The molecule has 2 aliphatic heterocycles. The number of amides is 2. The monoisotopic (exact) mass is 757 g/mol. The Morgan fingerprint density at radius 3 is 2.53 bits per heavy atom. The zero-order chi connectivity index (χ0) is 37.8. The third kappa shape index (κ3) is 6.56. The highest BCUT2D eigenvalue weighted by atomic mass is 35.5. The smallest absolute Gasteiger partial charge is 0.416 e. The number of nitrogens with one attached hydrogen (secondary N) is 1. The summed E-state index contributed by atoms with van der Waals surface area (Å²) in [4.78, 5) is 49.2. The normalized spacial score (nSPS) is 15.3. The first-order valence-corrected chi connectivity index (χ1v) is 17.0. The molecule has 7 rings (SSSR count). The minimum atomic E-state index is -4.63. The molecule has 4 aromatic heterocycles. The second-order valence-electron chi connectivity index (χ2n) is 12.5. The predicted molar refractivity (Wildman–Crippen MR) is 185 cm³/mol. The van der Waals surface area contributed by atoms with Crippen LogP contribution < -0.4 is 15.8 Å². The van der Waals surface area contributed by atoms with Gasteiger partial charge in [0.05, 0.1) is 46.4 Å². The average molecular weight is 758 g/mol. The number of pyridine rings is 1. The average Bonchev–Trinajstić information content (AvgIpc) is 3.71. The van der Waals surface area contributed by atoms with E-state index in [1.165, 1.54) is 28.7 Å². The molecule has 53 heavy (non-hydrogen) atoms. The van der Waals surface area contributed by atoms with Gasteiger partial charge in [0, 0.05) is 32.4 Å². The number of carbonyl (C=O) groups is 2. The molecule has 2 N–H and O–H groups in total. The van der Waals surface area contributed by atoms with Crippen molar-refractivity contribution in [3.05, 3.63) is 86.1 Å². The predicted octanol–water partition coefficient (Wildman–Crippen LogP) is 4.33. The summed E-state index contributed by atoms with van der Waals surface area (Å²) in [5, 5.41) is 21.6.